The van der Waals surface area contributed by atoms with E-state index in [9.17, 15) is 19.5 Å². The molecule has 2 aliphatic rings. The third-order valence-corrected chi connectivity index (χ3v) is 6.67. The Bertz CT molecular complexity index is 974. The molecule has 1 aromatic carbocycles. The Kier molecular flexibility index (Phi) is 5.18. The van der Waals surface area contributed by atoms with Gasteiger partial charge in [0, 0.05) is 10.3 Å². The second kappa shape index (κ2) is 7.20. The molecule has 29 heavy (non-hydrogen) atoms. The zero-order valence-corrected chi connectivity index (χ0v) is 17.0. The minimum Gasteiger partial charge on any atom is -0.480 e. The molecule has 1 aromatic heterocycles. The summed E-state index contributed by atoms with van der Waals surface area (Å²) in [6.07, 6.45) is 0. The SMILES string of the molecule is Cc1onc(-c2ccccc2)c1C(=O)N[C@@H]1C(=O)N2[C@@H]1SC(C)(C)[C@@H]2C(=O)O.N. The fraction of sp³-hybridized carbons (Fsp3) is 0.368. The molecule has 2 amide bonds. The Morgan fingerprint density at radius 1 is 1.28 bits per heavy atom. The van der Waals surface area contributed by atoms with Gasteiger partial charge in [0.2, 0.25) is 5.91 Å². The molecule has 0 unspecified atom stereocenters. The predicted molar refractivity (Wildman–Crippen MR) is 107 cm³/mol. The first-order chi connectivity index (χ1) is 13.2. The average Bonchev–Trinajstić information content (AvgIpc) is 3.15. The fourth-order valence-corrected chi connectivity index (χ4v) is 5.42. The van der Waals surface area contributed by atoms with Crippen LogP contribution in [0.25, 0.3) is 11.3 Å². The fourth-order valence-electron chi connectivity index (χ4n) is 3.79. The molecule has 4 rings (SSSR count). The Morgan fingerprint density at radius 3 is 2.55 bits per heavy atom. The van der Waals surface area contributed by atoms with Crippen molar-refractivity contribution in [2.24, 2.45) is 0 Å². The summed E-state index contributed by atoms with van der Waals surface area (Å²) in [5.41, 5.74) is 1.41. The summed E-state index contributed by atoms with van der Waals surface area (Å²) in [7, 11) is 0. The molecule has 2 fully saturated rings. The number of carbonyl (C=O) groups excluding carboxylic acids is 2. The topological polar surface area (TPSA) is 148 Å². The van der Waals surface area contributed by atoms with E-state index >= 15 is 0 Å². The summed E-state index contributed by atoms with van der Waals surface area (Å²) in [5.74, 6) is -1.55. The summed E-state index contributed by atoms with van der Waals surface area (Å²) in [4.78, 5) is 38.5. The van der Waals surface area contributed by atoms with Gasteiger partial charge in [-0.05, 0) is 20.8 Å². The number of aryl methyl sites for hydroxylation is 1. The lowest BCUT2D eigenvalue weighted by molar-refractivity contribution is -0.159. The van der Waals surface area contributed by atoms with Gasteiger partial charge >= 0.3 is 5.97 Å². The minimum atomic E-state index is -1.04. The number of fused-ring (bicyclic) bond motifs is 1. The van der Waals surface area contributed by atoms with E-state index in [1.165, 1.54) is 16.7 Å². The average molecular weight is 418 g/mol. The molecule has 0 spiro atoms. The minimum absolute atomic E-state index is 0. The van der Waals surface area contributed by atoms with E-state index < -0.39 is 34.1 Å². The molecule has 3 atom stereocenters. The van der Waals surface area contributed by atoms with Crippen LogP contribution in [0.4, 0.5) is 0 Å². The van der Waals surface area contributed by atoms with Gasteiger partial charge in [-0.2, -0.15) is 0 Å². The number of aromatic nitrogens is 1. The van der Waals surface area contributed by atoms with Crippen LogP contribution in [0, 0.1) is 6.92 Å². The molecule has 9 nitrogen and oxygen atoms in total. The standard InChI is InChI=1S/C19H19N3O5S.H3N/c1-9-11(12(21-27-9)10-7-5-4-6-8-10)15(23)20-13-16(24)22-14(18(25)26)19(2,3)28-17(13)22;/h4-8,13-14,17H,1-3H3,(H,20,23)(H,25,26);1H3/t13-,14+,17-;/m1./s1. The van der Waals surface area contributed by atoms with E-state index in [0.29, 0.717) is 11.5 Å². The van der Waals surface area contributed by atoms with Crippen LogP contribution < -0.4 is 11.5 Å². The van der Waals surface area contributed by atoms with Crippen molar-refractivity contribution in [2.45, 2.75) is 43.0 Å². The van der Waals surface area contributed by atoms with Crippen LogP contribution in [-0.4, -0.2) is 55.2 Å². The number of carboxylic acids is 1. The maximum Gasteiger partial charge on any atom is 0.327 e. The molecule has 0 bridgehead atoms. The number of hydrogen-bond acceptors (Lipinski definition) is 7. The summed E-state index contributed by atoms with van der Waals surface area (Å²) >= 11 is 1.38. The first kappa shape index (κ1) is 20.9. The van der Waals surface area contributed by atoms with E-state index in [-0.39, 0.29) is 17.6 Å². The van der Waals surface area contributed by atoms with Crippen molar-refractivity contribution >= 4 is 29.5 Å². The number of carbonyl (C=O) groups is 3. The predicted octanol–water partition coefficient (Wildman–Crippen LogP) is 2.06. The number of aliphatic carboxylic acids is 1. The monoisotopic (exact) mass is 418 g/mol. The van der Waals surface area contributed by atoms with Crippen molar-refractivity contribution in [2.75, 3.05) is 0 Å². The molecule has 5 N–H and O–H groups in total. The molecule has 3 heterocycles. The molecule has 0 saturated carbocycles. The summed E-state index contributed by atoms with van der Waals surface area (Å²) in [6.45, 7) is 5.22. The van der Waals surface area contributed by atoms with Crippen molar-refractivity contribution in [3.8, 4) is 11.3 Å². The molecular weight excluding hydrogens is 396 g/mol. The lowest BCUT2D eigenvalue weighted by atomic mass is 9.95. The van der Waals surface area contributed by atoms with Crippen LogP contribution in [0.2, 0.25) is 0 Å². The van der Waals surface area contributed by atoms with Crippen LogP contribution in [0.5, 0.6) is 0 Å². The molecule has 0 radical (unpaired) electrons. The number of carboxylic acid groups (broad SMARTS) is 1. The molecule has 2 aliphatic heterocycles. The zero-order valence-electron chi connectivity index (χ0n) is 16.2. The Morgan fingerprint density at radius 2 is 1.93 bits per heavy atom. The Labute approximate surface area is 171 Å². The molecular formula is C19H22N4O5S. The van der Waals surface area contributed by atoms with Crippen molar-refractivity contribution in [3.05, 3.63) is 41.7 Å². The summed E-state index contributed by atoms with van der Waals surface area (Å²) in [5, 5.41) is 15.8. The van der Waals surface area contributed by atoms with Crippen LogP contribution in [-0.2, 0) is 9.59 Å². The Hall–Kier alpha value is -2.85. The van der Waals surface area contributed by atoms with E-state index in [2.05, 4.69) is 10.5 Å². The van der Waals surface area contributed by atoms with E-state index in [4.69, 9.17) is 4.52 Å². The Balaban J connectivity index is 0.00000240. The molecule has 2 aromatic rings. The maximum atomic E-state index is 12.9. The summed E-state index contributed by atoms with van der Waals surface area (Å²) in [6, 6.07) is 7.46. The largest absolute Gasteiger partial charge is 0.480 e. The highest BCUT2D eigenvalue weighted by Gasteiger charge is 2.64. The van der Waals surface area contributed by atoms with E-state index in [1.54, 1.807) is 20.8 Å². The number of amides is 2. The lowest BCUT2D eigenvalue weighted by Crippen LogP contribution is -2.70. The lowest BCUT2D eigenvalue weighted by Gasteiger charge is -2.43. The molecule has 2 saturated heterocycles. The van der Waals surface area contributed by atoms with Gasteiger partial charge in [-0.15, -0.1) is 11.8 Å². The van der Waals surface area contributed by atoms with Gasteiger partial charge in [-0.3, -0.25) is 9.59 Å². The number of benzene rings is 1. The second-order valence-corrected chi connectivity index (χ2v) is 9.15. The van der Waals surface area contributed by atoms with Crippen molar-refractivity contribution in [1.82, 2.24) is 21.5 Å². The van der Waals surface area contributed by atoms with Gasteiger partial charge in [-0.25, -0.2) is 4.79 Å². The van der Waals surface area contributed by atoms with Gasteiger partial charge < -0.3 is 26.0 Å². The van der Waals surface area contributed by atoms with Gasteiger partial charge in [0.25, 0.3) is 5.91 Å². The highest BCUT2D eigenvalue weighted by Crippen LogP contribution is 2.50. The van der Waals surface area contributed by atoms with Crippen molar-refractivity contribution in [3.63, 3.8) is 0 Å². The first-order valence-electron chi connectivity index (χ1n) is 8.77. The molecule has 0 aliphatic carbocycles. The number of hydrogen-bond donors (Lipinski definition) is 3. The first-order valence-corrected chi connectivity index (χ1v) is 9.65. The maximum absolute atomic E-state index is 12.9. The van der Waals surface area contributed by atoms with E-state index in [1.807, 2.05) is 30.3 Å². The van der Waals surface area contributed by atoms with Crippen molar-refractivity contribution < 1.29 is 24.0 Å². The van der Waals surface area contributed by atoms with Crippen LogP contribution in [0.1, 0.15) is 30.0 Å². The normalized spacial score (nSPS) is 24.3. The van der Waals surface area contributed by atoms with Crippen molar-refractivity contribution in [1.29, 1.82) is 0 Å². The number of rotatable bonds is 4. The second-order valence-electron chi connectivity index (χ2n) is 7.38. The zero-order chi connectivity index (χ0) is 20.2. The number of nitrogens with zero attached hydrogens (tertiary/aromatic N) is 2. The van der Waals surface area contributed by atoms with Gasteiger partial charge in [0.05, 0.1) is 0 Å². The van der Waals surface area contributed by atoms with Gasteiger partial charge in [-0.1, -0.05) is 35.5 Å². The van der Waals surface area contributed by atoms with Crippen LogP contribution in [0.15, 0.2) is 34.9 Å². The highest BCUT2D eigenvalue weighted by atomic mass is 32.2. The number of thioether (sulfide) groups is 1. The smallest absolute Gasteiger partial charge is 0.327 e. The quantitative estimate of drug-likeness (QED) is 0.639. The third kappa shape index (κ3) is 3.18. The number of nitrogens with one attached hydrogen (secondary N) is 1. The van der Waals surface area contributed by atoms with Crippen LogP contribution >= 0.6 is 11.8 Å². The number of β-lactam (4-membered cyclic amide) rings is 1. The van der Waals surface area contributed by atoms with E-state index in [0.717, 1.165) is 5.56 Å². The molecule has 10 heteroatoms. The van der Waals surface area contributed by atoms with Crippen LogP contribution in [0.3, 0.4) is 0 Å². The van der Waals surface area contributed by atoms with Gasteiger partial charge in [0.15, 0.2) is 0 Å². The van der Waals surface area contributed by atoms with Gasteiger partial charge in [0.1, 0.15) is 34.5 Å². The molecule has 154 valence electrons. The third-order valence-electron chi connectivity index (χ3n) is 5.10. The summed E-state index contributed by atoms with van der Waals surface area (Å²) < 4.78 is 4.57. The highest BCUT2D eigenvalue weighted by molar-refractivity contribution is 8.01.